The molecule has 0 saturated carbocycles. The maximum Gasteiger partial charge on any atom is 0.101 e. The molecule has 4 heteroatoms. The van der Waals surface area contributed by atoms with E-state index >= 15 is 0 Å². The van der Waals surface area contributed by atoms with Gasteiger partial charge in [-0.3, -0.25) is 21.3 Å². The molecule has 0 spiro atoms. The molecule has 0 aromatic rings. The Kier molecular flexibility index (Phi) is 0.820. The standard InChI is InChI=1S/C8H16N4/c1-5-6(2)11-8(4,12-6)7(3,9-5)10-5/h9-12H,1-4H3. The summed E-state index contributed by atoms with van der Waals surface area (Å²) in [5.74, 6) is 0. The molecule has 0 radical (unpaired) electrons. The smallest absolute Gasteiger partial charge is 0.101 e. The van der Waals surface area contributed by atoms with Crippen molar-refractivity contribution in [1.29, 1.82) is 0 Å². The van der Waals surface area contributed by atoms with Gasteiger partial charge in [-0.15, -0.1) is 0 Å². The van der Waals surface area contributed by atoms with Gasteiger partial charge in [0.2, 0.25) is 0 Å². The van der Waals surface area contributed by atoms with Crippen LogP contribution in [0.25, 0.3) is 0 Å². The topological polar surface area (TPSA) is 48.1 Å². The molecule has 12 heavy (non-hydrogen) atoms. The van der Waals surface area contributed by atoms with Gasteiger partial charge in [-0.25, -0.2) is 0 Å². The average Bonchev–Trinajstić information content (AvgIpc) is 1.75. The Bertz CT molecular complexity index is 208. The summed E-state index contributed by atoms with van der Waals surface area (Å²) in [6.07, 6.45) is 0. The SMILES string of the molecule is CC12NC(C)(N1)C1(C)NC2(C)N1. The molecule has 6 fully saturated rings. The Labute approximate surface area is 72.5 Å². The molecule has 0 aliphatic carbocycles. The molecule has 6 aliphatic rings. The normalized spacial score (nSPS) is 73.0. The van der Waals surface area contributed by atoms with Crippen LogP contribution in [0.15, 0.2) is 0 Å². The van der Waals surface area contributed by atoms with Crippen LogP contribution in [0, 0.1) is 0 Å². The van der Waals surface area contributed by atoms with Crippen molar-refractivity contribution in [2.75, 3.05) is 0 Å². The number of nitrogens with one attached hydrogen (secondary N) is 4. The number of hydrogen-bond acceptors (Lipinski definition) is 4. The lowest BCUT2D eigenvalue weighted by molar-refractivity contribution is -0.267. The third-order valence-electron chi connectivity index (χ3n) is 4.00. The highest BCUT2D eigenvalue weighted by Crippen LogP contribution is 2.49. The predicted molar refractivity (Wildman–Crippen MR) is 46.2 cm³/mol. The molecule has 4 N–H and O–H groups in total. The van der Waals surface area contributed by atoms with Crippen molar-refractivity contribution < 1.29 is 0 Å². The zero-order chi connectivity index (χ0) is 8.83. The van der Waals surface area contributed by atoms with Crippen molar-refractivity contribution in [2.24, 2.45) is 0 Å². The quantitative estimate of drug-likeness (QED) is 0.384. The van der Waals surface area contributed by atoms with Crippen molar-refractivity contribution in [3.05, 3.63) is 0 Å². The fraction of sp³-hybridized carbons (Fsp3) is 1.00. The van der Waals surface area contributed by atoms with Crippen molar-refractivity contribution in [3.8, 4) is 0 Å². The minimum absolute atomic E-state index is 0.000486. The number of hydrogen-bond donors (Lipinski definition) is 4. The Balaban J connectivity index is 2.06. The minimum Gasteiger partial charge on any atom is -0.276 e. The highest BCUT2D eigenvalue weighted by atomic mass is 15.7. The van der Waals surface area contributed by atoms with Gasteiger partial charge in [-0.05, 0) is 27.7 Å². The summed E-state index contributed by atoms with van der Waals surface area (Å²) in [7, 11) is 0. The molecular weight excluding hydrogens is 152 g/mol. The third kappa shape index (κ3) is 0.439. The molecule has 0 atom stereocenters. The lowest BCUT2D eigenvalue weighted by atomic mass is 9.67. The van der Waals surface area contributed by atoms with Gasteiger partial charge in [-0.1, -0.05) is 0 Å². The molecule has 68 valence electrons. The van der Waals surface area contributed by atoms with Crippen LogP contribution in [0.5, 0.6) is 0 Å². The van der Waals surface area contributed by atoms with E-state index < -0.39 is 0 Å². The fourth-order valence-electron chi connectivity index (χ4n) is 3.00. The first-order valence-electron chi connectivity index (χ1n) is 4.50. The molecule has 6 rings (SSSR count). The van der Waals surface area contributed by atoms with Crippen molar-refractivity contribution in [1.82, 2.24) is 21.3 Å². The van der Waals surface area contributed by atoms with Crippen LogP contribution < -0.4 is 21.3 Å². The Morgan fingerprint density at radius 2 is 0.667 bits per heavy atom. The van der Waals surface area contributed by atoms with Crippen LogP contribution >= 0.6 is 0 Å². The molecule has 6 heterocycles. The zero-order valence-corrected chi connectivity index (χ0v) is 8.00. The van der Waals surface area contributed by atoms with Gasteiger partial charge in [0.05, 0.1) is 0 Å². The zero-order valence-electron chi connectivity index (χ0n) is 8.00. The lowest BCUT2D eigenvalue weighted by Gasteiger charge is -2.82. The molecule has 6 saturated heterocycles. The fourth-order valence-corrected chi connectivity index (χ4v) is 3.00. The highest BCUT2D eigenvalue weighted by Gasteiger charge is 2.78. The van der Waals surface area contributed by atoms with Gasteiger partial charge < -0.3 is 0 Å². The summed E-state index contributed by atoms with van der Waals surface area (Å²) < 4.78 is 0. The molecule has 0 unspecified atom stereocenters. The maximum atomic E-state index is 3.58. The van der Waals surface area contributed by atoms with Crippen LogP contribution in [0.4, 0.5) is 0 Å². The van der Waals surface area contributed by atoms with E-state index in [0.717, 1.165) is 0 Å². The molecule has 4 nitrogen and oxygen atoms in total. The van der Waals surface area contributed by atoms with Crippen LogP contribution in [0.3, 0.4) is 0 Å². The Morgan fingerprint density at radius 3 is 0.833 bits per heavy atom. The molecular formula is C8H16N4. The predicted octanol–water partition coefficient (Wildman–Crippen LogP) is -0.750. The van der Waals surface area contributed by atoms with E-state index in [0.29, 0.717) is 0 Å². The van der Waals surface area contributed by atoms with E-state index in [1.165, 1.54) is 0 Å². The number of rotatable bonds is 0. The van der Waals surface area contributed by atoms with Crippen molar-refractivity contribution in [2.45, 2.75) is 50.3 Å². The van der Waals surface area contributed by atoms with E-state index in [4.69, 9.17) is 0 Å². The van der Waals surface area contributed by atoms with Crippen LogP contribution in [0.1, 0.15) is 27.7 Å². The van der Waals surface area contributed by atoms with E-state index in [2.05, 4.69) is 49.0 Å². The summed E-state index contributed by atoms with van der Waals surface area (Å²) in [6, 6.07) is 0. The molecule has 0 aromatic carbocycles. The second-order valence-electron chi connectivity index (χ2n) is 5.00. The van der Waals surface area contributed by atoms with Crippen LogP contribution in [-0.2, 0) is 0 Å². The summed E-state index contributed by atoms with van der Waals surface area (Å²) >= 11 is 0. The second-order valence-corrected chi connectivity index (χ2v) is 5.00. The first kappa shape index (κ1) is 7.26. The van der Waals surface area contributed by atoms with E-state index in [9.17, 15) is 0 Å². The van der Waals surface area contributed by atoms with Gasteiger partial charge in [0.25, 0.3) is 0 Å². The van der Waals surface area contributed by atoms with Gasteiger partial charge in [0, 0.05) is 0 Å². The first-order chi connectivity index (χ1) is 5.33. The first-order valence-corrected chi connectivity index (χ1v) is 4.50. The molecule has 4 bridgehead atoms. The third-order valence-corrected chi connectivity index (χ3v) is 4.00. The average molecular weight is 168 g/mol. The molecule has 0 amide bonds. The van der Waals surface area contributed by atoms with Gasteiger partial charge in [0.1, 0.15) is 22.7 Å². The Morgan fingerprint density at radius 1 is 0.500 bits per heavy atom. The lowest BCUT2D eigenvalue weighted by Crippen LogP contribution is -3.15. The second kappa shape index (κ2) is 1.35. The summed E-state index contributed by atoms with van der Waals surface area (Å²) in [5.41, 5.74) is -0.00194. The highest BCUT2D eigenvalue weighted by molar-refractivity contribution is 5.35. The van der Waals surface area contributed by atoms with E-state index in [1.54, 1.807) is 0 Å². The molecule has 6 aliphatic heterocycles. The number of piperazine rings is 4. The molecule has 0 aromatic heterocycles. The summed E-state index contributed by atoms with van der Waals surface area (Å²) in [6.45, 7) is 8.70. The summed E-state index contributed by atoms with van der Waals surface area (Å²) in [4.78, 5) is 0. The summed E-state index contributed by atoms with van der Waals surface area (Å²) in [5, 5.41) is 14.3. The van der Waals surface area contributed by atoms with E-state index in [-0.39, 0.29) is 22.7 Å². The maximum absolute atomic E-state index is 3.58. The van der Waals surface area contributed by atoms with Crippen molar-refractivity contribution >= 4 is 0 Å². The largest absolute Gasteiger partial charge is 0.276 e. The van der Waals surface area contributed by atoms with Crippen LogP contribution in [0.2, 0.25) is 0 Å². The van der Waals surface area contributed by atoms with Crippen LogP contribution in [-0.4, -0.2) is 22.7 Å². The van der Waals surface area contributed by atoms with Crippen molar-refractivity contribution in [3.63, 3.8) is 0 Å². The Hall–Kier alpha value is -0.160. The minimum atomic E-state index is -0.000486. The monoisotopic (exact) mass is 168 g/mol. The van der Waals surface area contributed by atoms with Gasteiger partial charge in [0.15, 0.2) is 0 Å². The van der Waals surface area contributed by atoms with Gasteiger partial charge >= 0.3 is 0 Å². The van der Waals surface area contributed by atoms with Gasteiger partial charge in [-0.2, -0.15) is 0 Å². The van der Waals surface area contributed by atoms with E-state index in [1.807, 2.05) is 0 Å².